The van der Waals surface area contributed by atoms with Gasteiger partial charge < -0.3 is 24.6 Å². The van der Waals surface area contributed by atoms with Crippen LogP contribution < -0.4 is 10.1 Å². The van der Waals surface area contributed by atoms with E-state index >= 15 is 0 Å². The number of aliphatic carboxylic acids is 1. The average Bonchev–Trinajstić information content (AvgIpc) is 2.84. The van der Waals surface area contributed by atoms with E-state index in [1.807, 2.05) is 12.1 Å². The molecule has 10 nitrogen and oxygen atoms in total. The van der Waals surface area contributed by atoms with Crippen LogP contribution in [0.2, 0.25) is 0 Å². The van der Waals surface area contributed by atoms with E-state index in [4.69, 9.17) is 19.4 Å². The third kappa shape index (κ3) is 10.1. The van der Waals surface area contributed by atoms with Gasteiger partial charge in [-0.1, -0.05) is 15.9 Å². The zero-order valence-electron chi connectivity index (χ0n) is 18.7. The first-order chi connectivity index (χ1) is 17.0. The number of rotatable bonds is 6. The van der Waals surface area contributed by atoms with Crippen molar-refractivity contribution < 1.29 is 47.2 Å². The second kappa shape index (κ2) is 13.6. The predicted molar refractivity (Wildman–Crippen MR) is 123 cm³/mol. The molecule has 1 saturated heterocycles. The lowest BCUT2D eigenvalue weighted by Gasteiger charge is -2.32. The highest BCUT2D eigenvalue weighted by atomic mass is 79.9. The summed E-state index contributed by atoms with van der Waals surface area (Å²) in [5.41, 5.74) is 0.603. The fraction of sp³-hybridized carbons (Fsp3) is 0.364. The summed E-state index contributed by atoms with van der Waals surface area (Å²) in [6.45, 7) is 0.688. The number of aliphatic hydroxyl groups is 1. The van der Waals surface area contributed by atoms with Crippen molar-refractivity contribution in [2.75, 3.05) is 25.0 Å². The normalized spacial score (nSPS) is 14.6. The summed E-state index contributed by atoms with van der Waals surface area (Å²) >= 11 is 3.33. The van der Waals surface area contributed by atoms with Crippen molar-refractivity contribution in [1.82, 2.24) is 9.88 Å². The molecule has 2 heterocycles. The zero-order chi connectivity index (χ0) is 26.7. The maximum Gasteiger partial charge on any atom is 0.490 e. The molecule has 2 aromatic rings. The molecule has 2 amide bonds. The number of nitrogens with zero attached hydrogens (tertiary/aromatic N) is 2. The lowest BCUT2D eigenvalue weighted by molar-refractivity contribution is -0.192. The molecule has 1 aliphatic heterocycles. The Morgan fingerprint density at radius 1 is 1.11 bits per heavy atom. The van der Waals surface area contributed by atoms with Crippen LogP contribution in [0.1, 0.15) is 12.8 Å². The number of likely N-dealkylation sites (tertiary alicyclic amines) is 1. The molecule has 0 spiro atoms. The predicted octanol–water partition coefficient (Wildman–Crippen LogP) is 3.46. The van der Waals surface area contributed by atoms with Gasteiger partial charge in [-0.25, -0.2) is 9.59 Å². The van der Waals surface area contributed by atoms with Crippen molar-refractivity contribution in [3.05, 3.63) is 53.3 Å². The first-order valence-electron chi connectivity index (χ1n) is 10.5. The number of anilines is 1. The third-order valence-electron chi connectivity index (χ3n) is 4.70. The molecular formula is C22H23BrF3N3O7. The van der Waals surface area contributed by atoms with E-state index in [1.165, 1.54) is 0 Å². The number of ether oxygens (including phenoxy) is 2. The first kappa shape index (κ1) is 28.8. The van der Waals surface area contributed by atoms with Gasteiger partial charge in [-0.05, 0) is 36.4 Å². The number of aromatic nitrogens is 1. The molecule has 1 atom stereocenters. The SMILES string of the molecule is O=C(Nc1ccncc1)OC1CCN(C(=O)[C@H](O)COc2ccc(Br)cc2)CC1.O=C(O)C(F)(F)F. The fourth-order valence-corrected chi connectivity index (χ4v) is 3.18. The number of carbonyl (C=O) groups excluding carboxylic acids is 2. The molecule has 1 aliphatic rings. The van der Waals surface area contributed by atoms with Crippen molar-refractivity contribution in [2.45, 2.75) is 31.2 Å². The third-order valence-corrected chi connectivity index (χ3v) is 5.23. The summed E-state index contributed by atoms with van der Waals surface area (Å²) in [6, 6.07) is 10.5. The van der Waals surface area contributed by atoms with Crippen LogP contribution in [0, 0.1) is 0 Å². The zero-order valence-corrected chi connectivity index (χ0v) is 20.2. The van der Waals surface area contributed by atoms with Crippen LogP contribution in [0.25, 0.3) is 0 Å². The van der Waals surface area contributed by atoms with E-state index in [1.54, 1.807) is 41.6 Å². The van der Waals surface area contributed by atoms with Crippen LogP contribution in [0.5, 0.6) is 5.75 Å². The van der Waals surface area contributed by atoms with Crippen LogP contribution in [0.3, 0.4) is 0 Å². The van der Waals surface area contributed by atoms with Crippen molar-refractivity contribution in [2.24, 2.45) is 0 Å². The highest BCUT2D eigenvalue weighted by Crippen LogP contribution is 2.18. The Morgan fingerprint density at radius 3 is 2.19 bits per heavy atom. The number of hydrogen-bond donors (Lipinski definition) is 3. The fourth-order valence-electron chi connectivity index (χ4n) is 2.92. The molecule has 0 aliphatic carbocycles. The van der Waals surface area contributed by atoms with Crippen LogP contribution in [-0.2, 0) is 14.3 Å². The van der Waals surface area contributed by atoms with E-state index in [0.717, 1.165) is 4.47 Å². The standard InChI is InChI=1S/C20H22BrN3O5.C2HF3O2/c21-14-1-3-16(4-2-14)28-13-18(25)19(26)24-11-7-17(8-12-24)29-20(27)23-15-5-9-22-10-6-15;3-2(4,5)1(6)7/h1-6,9-10,17-18,25H,7-8,11-13H2,(H,22,23,27);(H,6,7)/t18-;/m1./s1. The highest BCUT2D eigenvalue weighted by molar-refractivity contribution is 9.10. The lowest BCUT2D eigenvalue weighted by Crippen LogP contribution is -2.47. The molecular weight excluding hydrogens is 555 g/mol. The molecule has 1 aromatic heterocycles. The van der Waals surface area contributed by atoms with Crippen molar-refractivity contribution in [3.8, 4) is 5.75 Å². The lowest BCUT2D eigenvalue weighted by atomic mass is 10.1. The summed E-state index contributed by atoms with van der Waals surface area (Å²) in [7, 11) is 0. The second-order valence-corrected chi connectivity index (χ2v) is 8.29. The van der Waals surface area contributed by atoms with Crippen molar-refractivity contribution in [3.63, 3.8) is 0 Å². The number of carbonyl (C=O) groups is 3. The minimum Gasteiger partial charge on any atom is -0.490 e. The van der Waals surface area contributed by atoms with Crippen molar-refractivity contribution >= 4 is 39.6 Å². The van der Waals surface area contributed by atoms with Crippen LogP contribution >= 0.6 is 15.9 Å². The Balaban J connectivity index is 0.000000572. The molecule has 0 unspecified atom stereocenters. The van der Waals surface area contributed by atoms with Crippen LogP contribution in [-0.4, -0.2) is 76.1 Å². The number of carboxylic acid groups (broad SMARTS) is 1. The topological polar surface area (TPSA) is 138 Å². The monoisotopic (exact) mass is 577 g/mol. The van der Waals surface area contributed by atoms with Gasteiger partial charge >= 0.3 is 18.2 Å². The Labute approximate surface area is 212 Å². The van der Waals surface area contributed by atoms with Gasteiger partial charge in [0.15, 0.2) is 6.10 Å². The number of nitrogens with one attached hydrogen (secondary N) is 1. The summed E-state index contributed by atoms with van der Waals surface area (Å²) in [4.78, 5) is 38.7. The Hall–Kier alpha value is -3.39. The molecule has 36 heavy (non-hydrogen) atoms. The molecule has 0 bridgehead atoms. The molecule has 1 aromatic carbocycles. The van der Waals surface area contributed by atoms with Gasteiger partial charge in [0.1, 0.15) is 18.5 Å². The molecule has 14 heteroatoms. The van der Waals surface area contributed by atoms with E-state index in [2.05, 4.69) is 26.2 Å². The number of pyridine rings is 1. The Bertz CT molecular complexity index is 1000. The maximum atomic E-state index is 12.4. The van der Waals surface area contributed by atoms with Gasteiger partial charge in [0.25, 0.3) is 5.91 Å². The van der Waals surface area contributed by atoms with E-state index < -0.39 is 24.3 Å². The Kier molecular flexibility index (Phi) is 10.9. The minimum absolute atomic E-state index is 0.120. The summed E-state index contributed by atoms with van der Waals surface area (Å²) < 4.78 is 43.5. The number of amides is 2. The van der Waals surface area contributed by atoms with E-state index in [0.29, 0.717) is 37.4 Å². The van der Waals surface area contributed by atoms with Gasteiger partial charge in [0, 0.05) is 48.5 Å². The quantitative estimate of drug-likeness (QED) is 0.474. The summed E-state index contributed by atoms with van der Waals surface area (Å²) in [5, 5.41) is 19.9. The van der Waals surface area contributed by atoms with E-state index in [9.17, 15) is 27.9 Å². The van der Waals surface area contributed by atoms with Gasteiger partial charge in [-0.3, -0.25) is 15.1 Å². The van der Waals surface area contributed by atoms with Gasteiger partial charge in [-0.15, -0.1) is 0 Å². The summed E-state index contributed by atoms with van der Waals surface area (Å²) in [5.74, 6) is -2.57. The first-order valence-corrected chi connectivity index (χ1v) is 11.3. The van der Waals surface area contributed by atoms with Gasteiger partial charge in [-0.2, -0.15) is 13.2 Å². The average molecular weight is 578 g/mol. The number of carboxylic acids is 1. The maximum absolute atomic E-state index is 12.4. The largest absolute Gasteiger partial charge is 0.490 e. The van der Waals surface area contributed by atoms with Gasteiger partial charge in [0.05, 0.1) is 0 Å². The number of aliphatic hydroxyl groups excluding tert-OH is 1. The number of benzene rings is 1. The Morgan fingerprint density at radius 2 is 1.67 bits per heavy atom. The molecule has 196 valence electrons. The molecule has 3 rings (SSSR count). The van der Waals surface area contributed by atoms with E-state index in [-0.39, 0.29) is 18.6 Å². The van der Waals surface area contributed by atoms with Crippen molar-refractivity contribution in [1.29, 1.82) is 0 Å². The smallest absolute Gasteiger partial charge is 0.490 e. The molecule has 0 radical (unpaired) electrons. The van der Waals surface area contributed by atoms with Crippen LogP contribution in [0.4, 0.5) is 23.7 Å². The molecule has 0 saturated carbocycles. The van der Waals surface area contributed by atoms with Gasteiger partial charge in [0.2, 0.25) is 0 Å². The number of halogens is 4. The second-order valence-electron chi connectivity index (χ2n) is 7.37. The number of hydrogen-bond acceptors (Lipinski definition) is 7. The summed E-state index contributed by atoms with van der Waals surface area (Å²) in [6.07, 6.45) is -2.98. The number of piperidine rings is 1. The minimum atomic E-state index is -5.08. The molecule has 3 N–H and O–H groups in total. The highest BCUT2D eigenvalue weighted by Gasteiger charge is 2.38. The number of alkyl halides is 3. The van der Waals surface area contributed by atoms with Crippen LogP contribution in [0.15, 0.2) is 53.3 Å². The molecule has 1 fully saturated rings.